The second-order valence-corrected chi connectivity index (χ2v) is 30.2. The van der Waals surface area contributed by atoms with Crippen LogP contribution in [0.3, 0.4) is 0 Å². The van der Waals surface area contributed by atoms with E-state index in [9.17, 15) is 0 Å². The van der Waals surface area contributed by atoms with E-state index in [1.807, 2.05) is 129 Å². The van der Waals surface area contributed by atoms with Gasteiger partial charge in [0, 0.05) is 108 Å². The monoisotopic (exact) mass is 1510 g/mol. The Labute approximate surface area is 672 Å². The van der Waals surface area contributed by atoms with Crippen LogP contribution in [0.2, 0.25) is 27.3 Å². The number of anilines is 11. The predicted molar refractivity (Wildman–Crippen MR) is 475 cm³/mol. The fraction of sp³-hybridized carbons (Fsp3) is 0.140. The molecule has 0 bridgehead atoms. The molecule has 0 saturated heterocycles. The molecular weight excluding hydrogens is 1420 g/mol. The Morgan fingerprint density at radius 2 is 0.583 bits per heavy atom. The SMILES string of the molecule is CB1C=c2oc3ccccc3c2=CN1N1c2ccccc2N(c2ccccc2)[C@@H]1C.CB1C=c2oc3ccccc3c2=CN1N1c2cccnc2N(c2ccccc2)[C@@H]1C.CB1C=c2oc3ccccc3c2=CN1N1c2ncccc2N(c2ccccc2)[C@@H]1C.[2H]C([2H])([2H])N1c2ccccc2N(N2C=c3c(oc4ccccc34)=CB2C)[C@H]1C. The van der Waals surface area contributed by atoms with Crippen LogP contribution < -0.4 is 82.2 Å². The molecule has 6 aromatic heterocycles. The first-order chi connectivity index (χ1) is 57.5. The summed E-state index contributed by atoms with van der Waals surface area (Å²) in [5.41, 5.74) is 17.1. The number of hydrazine groups is 4. The van der Waals surface area contributed by atoms with E-state index in [0.717, 1.165) is 132 Å². The van der Waals surface area contributed by atoms with E-state index < -0.39 is 6.98 Å². The number of benzene rings is 9. The van der Waals surface area contributed by atoms with Crippen LogP contribution in [0.15, 0.2) is 291 Å². The van der Waals surface area contributed by atoms with Gasteiger partial charge >= 0.3 is 27.4 Å². The lowest BCUT2D eigenvalue weighted by Gasteiger charge is -2.40. The van der Waals surface area contributed by atoms with Crippen molar-refractivity contribution in [3.63, 3.8) is 0 Å². The van der Waals surface area contributed by atoms with E-state index >= 15 is 0 Å². The lowest BCUT2D eigenvalue weighted by molar-refractivity contribution is 0.489. The Hall–Kier alpha value is -13.7. The summed E-state index contributed by atoms with van der Waals surface area (Å²) in [6.07, 6.45) is 12.4. The number of nitrogens with zero attached hydrogens (tertiary/aromatic N) is 14. The summed E-state index contributed by atoms with van der Waals surface area (Å²) in [5.74, 6) is 10.6. The molecule has 23 rings (SSSR count). The normalized spacial score (nSPS) is 18.4. The first kappa shape index (κ1) is 67.0. The molecule has 9 aromatic carbocycles. The molecule has 0 N–H and O–H groups in total. The summed E-state index contributed by atoms with van der Waals surface area (Å²) < 4.78 is 48.4. The number of hydrogen-bond acceptors (Lipinski definition) is 18. The van der Waals surface area contributed by atoms with Gasteiger partial charge < -0.3 is 56.9 Å². The number of rotatable bonds is 7. The van der Waals surface area contributed by atoms with Crippen LogP contribution >= 0.6 is 0 Å². The summed E-state index contributed by atoms with van der Waals surface area (Å²) in [7, 11) is 0. The highest BCUT2D eigenvalue weighted by atomic mass is 16.3. The molecule has 18 nitrogen and oxygen atoms in total. The molecule has 0 unspecified atom stereocenters. The molecule has 0 spiro atoms. The van der Waals surface area contributed by atoms with E-state index in [-0.39, 0.29) is 52.1 Å². The molecule has 0 radical (unpaired) electrons. The molecule has 0 fully saturated rings. The van der Waals surface area contributed by atoms with E-state index in [4.69, 9.17) is 31.7 Å². The third-order valence-electron chi connectivity index (χ3n) is 23.2. The summed E-state index contributed by atoms with van der Waals surface area (Å²) >= 11 is 0. The van der Waals surface area contributed by atoms with Crippen LogP contribution in [0.25, 0.3) is 92.6 Å². The smallest absolute Gasteiger partial charge is 0.306 e. The van der Waals surface area contributed by atoms with Gasteiger partial charge in [-0.1, -0.05) is 179 Å². The minimum absolute atomic E-state index is 0.0140. The van der Waals surface area contributed by atoms with Gasteiger partial charge in [0.05, 0.1) is 28.4 Å². The van der Waals surface area contributed by atoms with Gasteiger partial charge in [-0.3, -0.25) is 20.0 Å². The van der Waals surface area contributed by atoms with Gasteiger partial charge in [-0.2, -0.15) is 0 Å². The summed E-state index contributed by atoms with van der Waals surface area (Å²) in [5, 5.41) is 18.0. The van der Waals surface area contributed by atoms with Crippen molar-refractivity contribution in [2.75, 3.05) is 46.6 Å². The van der Waals surface area contributed by atoms with Crippen LogP contribution in [0.5, 0.6) is 0 Å². The van der Waals surface area contributed by atoms with Crippen molar-refractivity contribution >= 4 is 183 Å². The second-order valence-electron chi connectivity index (χ2n) is 30.2. The van der Waals surface area contributed by atoms with E-state index in [1.54, 1.807) is 0 Å². The summed E-state index contributed by atoms with van der Waals surface area (Å²) in [4.78, 5) is 27.1. The van der Waals surface area contributed by atoms with Crippen LogP contribution in [0.1, 0.15) is 31.8 Å². The van der Waals surface area contributed by atoms with Gasteiger partial charge in [0.2, 0.25) is 0 Å². The maximum Gasteiger partial charge on any atom is 0.306 e. The highest BCUT2D eigenvalue weighted by Crippen LogP contribution is 2.48. The fourth-order valence-corrected chi connectivity index (χ4v) is 17.9. The molecular formula is C93H84B4N14O4. The topological polar surface area (TPSA) is 117 Å². The van der Waals surface area contributed by atoms with Crippen LogP contribution in [0.4, 0.5) is 62.8 Å². The van der Waals surface area contributed by atoms with Crippen LogP contribution in [-0.4, -0.2) is 88.7 Å². The van der Waals surface area contributed by atoms with Crippen LogP contribution in [-0.2, 0) is 0 Å². The Kier molecular flexibility index (Phi) is 16.6. The number of hydrogen-bond donors (Lipinski definition) is 0. The lowest BCUT2D eigenvalue weighted by atomic mass is 9.63. The van der Waals surface area contributed by atoms with Crippen LogP contribution in [0, 0.1) is 0 Å². The minimum atomic E-state index is -2.22. The minimum Gasteiger partial charge on any atom is -0.457 e. The van der Waals surface area contributed by atoms with Crippen molar-refractivity contribution in [3.8, 4) is 0 Å². The highest BCUT2D eigenvalue weighted by molar-refractivity contribution is 6.72. The summed E-state index contributed by atoms with van der Waals surface area (Å²) in [6.45, 7) is 15.5. The van der Waals surface area contributed by atoms with Crippen molar-refractivity contribution < 1.29 is 21.8 Å². The zero-order chi connectivity index (χ0) is 80.4. The van der Waals surface area contributed by atoms with Gasteiger partial charge in [-0.15, -0.1) is 0 Å². The first-order valence-electron chi connectivity index (χ1n) is 41.1. The maximum absolute atomic E-state index is 8.03. The van der Waals surface area contributed by atoms with Crippen molar-refractivity contribution in [2.24, 2.45) is 0 Å². The highest BCUT2D eigenvalue weighted by Gasteiger charge is 2.44. The zero-order valence-corrected chi connectivity index (χ0v) is 65.1. The molecule has 0 amide bonds. The maximum atomic E-state index is 8.03. The van der Waals surface area contributed by atoms with E-state index in [0.29, 0.717) is 0 Å². The predicted octanol–water partition coefficient (Wildman–Crippen LogP) is 14.5. The Bertz CT molecular complexity index is 6440. The molecule has 0 saturated carbocycles. The van der Waals surface area contributed by atoms with Gasteiger partial charge in [-0.25, -0.2) is 9.97 Å². The average molecular weight is 1510 g/mol. The Balaban J connectivity index is 0.000000101. The average Bonchev–Trinajstić information content (AvgIpc) is 1.60. The molecule has 562 valence electrons. The fourth-order valence-electron chi connectivity index (χ4n) is 17.9. The molecule has 8 aliphatic rings. The second kappa shape index (κ2) is 28.5. The Morgan fingerprint density at radius 3 is 1.01 bits per heavy atom. The number of furan rings is 4. The first-order valence-corrected chi connectivity index (χ1v) is 39.6. The van der Waals surface area contributed by atoms with Gasteiger partial charge in [0.15, 0.2) is 11.6 Å². The van der Waals surface area contributed by atoms with Gasteiger partial charge in [0.25, 0.3) is 0 Å². The third kappa shape index (κ3) is 11.8. The van der Waals surface area contributed by atoms with Gasteiger partial charge in [0.1, 0.15) is 74.3 Å². The zero-order valence-electron chi connectivity index (χ0n) is 68.1. The number of pyridine rings is 2. The number of fused-ring (bicyclic) bond motifs is 16. The van der Waals surface area contributed by atoms with Crippen molar-refractivity contribution in [1.29, 1.82) is 0 Å². The molecule has 115 heavy (non-hydrogen) atoms. The molecule has 15 aromatic rings. The molecule has 14 heterocycles. The quantitative estimate of drug-likeness (QED) is 0.141. The molecule has 0 aliphatic carbocycles. The summed E-state index contributed by atoms with van der Waals surface area (Å²) in [6, 6.07) is 88.8. The molecule has 8 aliphatic heterocycles. The van der Waals surface area contributed by atoms with Crippen molar-refractivity contribution in [1.82, 2.24) is 29.6 Å². The van der Waals surface area contributed by atoms with Crippen molar-refractivity contribution in [2.45, 2.75) is 79.7 Å². The lowest BCUT2D eigenvalue weighted by Crippen LogP contribution is -2.55. The van der Waals surface area contributed by atoms with Crippen molar-refractivity contribution in [3.05, 3.63) is 316 Å². The largest absolute Gasteiger partial charge is 0.457 e. The Morgan fingerprint density at radius 1 is 0.287 bits per heavy atom. The van der Waals surface area contributed by atoms with Gasteiger partial charge in [-0.05, 0) is 161 Å². The molecule has 22 heteroatoms. The van der Waals surface area contributed by atoms with E-state index in [1.165, 1.54) is 22.0 Å². The third-order valence-corrected chi connectivity index (χ3v) is 23.2. The number of aromatic nitrogens is 2. The molecule has 4 atom stereocenters. The number of para-hydroxylation sites is 11. The van der Waals surface area contributed by atoms with E-state index in [2.05, 4.69) is 303 Å². The standard InChI is InChI=1S/C25H22BN3O.2C24H21BN4O.C20H20BN3O/c1-18-28(19-10-4-3-5-11-19)22-13-7-8-14-23(22)29(18)27-17-21-20-12-6-9-15-24(20)30-25(21)16-26(27)2;1-17-28(18-9-4-3-5-10-18)24-21(12-8-14-26-24)29(17)27-16-20-19-11-6-7-13-22(19)30-23(20)15-25(27)2;1-17-28(18-9-4-3-5-10-18)21-12-8-14-26-24(21)29(17)27-16-20-19-11-6-7-13-22(19)30-23(20)15-25(27)2;1-14-22(3)17-9-5-6-10-18(17)24(14)23-13-16-15-8-4-7-11-19(15)25-20(16)12-21(23)2/h3-18H,1-2H3;2*3-17H,1-2H3;4-14H,1-3H3/t18-;2*17-;14-/m0000/s1/i;;;3D3.